The molecule has 2 rings (SSSR count). The predicted molar refractivity (Wildman–Crippen MR) is 86.7 cm³/mol. The highest BCUT2D eigenvalue weighted by Crippen LogP contribution is 2.22. The van der Waals surface area contributed by atoms with Gasteiger partial charge in [-0.05, 0) is 30.7 Å². The minimum Gasteiger partial charge on any atom is -0.395 e. The van der Waals surface area contributed by atoms with E-state index in [0.29, 0.717) is 32.0 Å². The van der Waals surface area contributed by atoms with E-state index in [2.05, 4.69) is 11.8 Å². The van der Waals surface area contributed by atoms with Crippen LogP contribution in [0.2, 0.25) is 0 Å². The molecule has 4 nitrogen and oxygen atoms in total. The summed E-state index contributed by atoms with van der Waals surface area (Å²) in [5.74, 6) is -0.168. The molecule has 5 heteroatoms. The van der Waals surface area contributed by atoms with Crippen molar-refractivity contribution in [3.63, 3.8) is 0 Å². The highest BCUT2D eigenvalue weighted by Gasteiger charge is 2.15. The zero-order valence-electron chi connectivity index (χ0n) is 13.4. The quantitative estimate of drug-likeness (QED) is 0.799. The van der Waals surface area contributed by atoms with Crippen LogP contribution < -0.4 is 4.90 Å². The molecule has 0 spiro atoms. The number of halogens is 1. The summed E-state index contributed by atoms with van der Waals surface area (Å²) in [6.07, 6.45) is 2.21. The fraction of sp³-hybridized carbons (Fsp3) is 0.647. The maximum atomic E-state index is 14.4. The summed E-state index contributed by atoms with van der Waals surface area (Å²) in [7, 11) is 0. The maximum Gasteiger partial charge on any atom is 0.146 e. The number of unbranched alkanes of at least 4 members (excludes halogenated alkanes) is 1. The van der Waals surface area contributed by atoms with Crippen molar-refractivity contribution in [1.29, 1.82) is 0 Å². The number of hydrogen-bond donors (Lipinski definition) is 1. The van der Waals surface area contributed by atoms with Crippen LogP contribution in [0, 0.1) is 5.82 Å². The van der Waals surface area contributed by atoms with Gasteiger partial charge >= 0.3 is 0 Å². The maximum absolute atomic E-state index is 14.4. The first-order valence-corrected chi connectivity index (χ1v) is 8.19. The summed E-state index contributed by atoms with van der Waals surface area (Å²) in [6.45, 7) is 7.32. The lowest BCUT2D eigenvalue weighted by Gasteiger charge is -2.29. The number of morpholine rings is 1. The van der Waals surface area contributed by atoms with Crippen LogP contribution in [0.4, 0.5) is 10.1 Å². The van der Waals surface area contributed by atoms with E-state index in [9.17, 15) is 4.39 Å². The lowest BCUT2D eigenvalue weighted by Crippen LogP contribution is -2.36. The second-order valence-electron chi connectivity index (χ2n) is 5.74. The second kappa shape index (κ2) is 9.08. The van der Waals surface area contributed by atoms with Gasteiger partial charge in [0.15, 0.2) is 0 Å². The molecule has 1 aliphatic rings. The van der Waals surface area contributed by atoms with E-state index >= 15 is 0 Å². The van der Waals surface area contributed by atoms with Crippen LogP contribution in [0.5, 0.6) is 0 Å². The van der Waals surface area contributed by atoms with Gasteiger partial charge in [-0.25, -0.2) is 4.39 Å². The van der Waals surface area contributed by atoms with Crippen molar-refractivity contribution < 1.29 is 14.2 Å². The molecule has 0 aromatic heterocycles. The van der Waals surface area contributed by atoms with Crippen LogP contribution in [0.15, 0.2) is 18.2 Å². The van der Waals surface area contributed by atoms with Gasteiger partial charge in [0.05, 0.1) is 25.5 Å². The Bertz CT molecular complexity index is 450. The number of ether oxygens (including phenoxy) is 1. The standard InChI is InChI=1S/C17H27FN2O2/c1-2-3-6-19(7-10-21)14-15-4-5-17(16(18)13-15)20-8-11-22-12-9-20/h4-5,13,21H,2-3,6-12,14H2,1H3. The summed E-state index contributed by atoms with van der Waals surface area (Å²) in [4.78, 5) is 4.21. The normalized spacial score (nSPS) is 15.5. The van der Waals surface area contributed by atoms with Crippen molar-refractivity contribution in [2.75, 3.05) is 50.9 Å². The van der Waals surface area contributed by atoms with Gasteiger partial charge in [-0.1, -0.05) is 19.4 Å². The predicted octanol–water partition coefficient (Wildman–Crippen LogP) is 2.26. The number of aliphatic hydroxyl groups is 1. The largest absolute Gasteiger partial charge is 0.395 e. The fourth-order valence-corrected chi connectivity index (χ4v) is 2.76. The first kappa shape index (κ1) is 17.2. The van der Waals surface area contributed by atoms with E-state index < -0.39 is 0 Å². The summed E-state index contributed by atoms with van der Waals surface area (Å²) >= 11 is 0. The Hall–Kier alpha value is -1.17. The fourth-order valence-electron chi connectivity index (χ4n) is 2.76. The van der Waals surface area contributed by atoms with Crippen LogP contribution in [-0.2, 0) is 11.3 Å². The molecule has 0 atom stereocenters. The van der Waals surface area contributed by atoms with Crippen LogP contribution >= 0.6 is 0 Å². The summed E-state index contributed by atoms with van der Waals surface area (Å²) in [5.41, 5.74) is 1.62. The Balaban J connectivity index is 2.00. The molecule has 1 N–H and O–H groups in total. The van der Waals surface area contributed by atoms with Crippen LogP contribution in [0.25, 0.3) is 0 Å². The molecular formula is C17H27FN2O2. The third-order valence-corrected chi connectivity index (χ3v) is 4.01. The molecule has 0 aliphatic carbocycles. The molecule has 1 aromatic carbocycles. The average molecular weight is 310 g/mol. The molecule has 1 aromatic rings. The third kappa shape index (κ3) is 4.93. The molecule has 22 heavy (non-hydrogen) atoms. The number of hydrogen-bond acceptors (Lipinski definition) is 4. The van der Waals surface area contributed by atoms with E-state index in [1.807, 2.05) is 17.0 Å². The van der Waals surface area contributed by atoms with E-state index in [1.165, 1.54) is 0 Å². The third-order valence-electron chi connectivity index (χ3n) is 4.01. The van der Waals surface area contributed by atoms with Gasteiger partial charge in [0.1, 0.15) is 5.82 Å². The number of anilines is 1. The van der Waals surface area contributed by atoms with Crippen LogP contribution in [-0.4, -0.2) is 56.0 Å². The SMILES string of the molecule is CCCCN(CCO)Cc1ccc(N2CCOCC2)c(F)c1. The number of nitrogens with zero attached hydrogens (tertiary/aromatic N) is 2. The van der Waals surface area contributed by atoms with Crippen molar-refractivity contribution in [3.05, 3.63) is 29.6 Å². The van der Waals surface area contributed by atoms with Gasteiger partial charge in [0.25, 0.3) is 0 Å². The Kier molecular flexibility index (Phi) is 7.09. The number of aliphatic hydroxyl groups excluding tert-OH is 1. The van der Waals surface area contributed by atoms with E-state index in [0.717, 1.165) is 38.0 Å². The zero-order valence-corrected chi connectivity index (χ0v) is 13.4. The molecule has 124 valence electrons. The Morgan fingerprint density at radius 3 is 2.68 bits per heavy atom. The average Bonchev–Trinajstić information content (AvgIpc) is 2.54. The minimum absolute atomic E-state index is 0.137. The summed E-state index contributed by atoms with van der Waals surface area (Å²) < 4.78 is 19.7. The van der Waals surface area contributed by atoms with Crippen molar-refractivity contribution in [2.24, 2.45) is 0 Å². The zero-order chi connectivity index (χ0) is 15.8. The Labute approximate surface area is 132 Å². The molecule has 0 amide bonds. The van der Waals surface area contributed by atoms with Gasteiger partial charge in [-0.2, -0.15) is 0 Å². The van der Waals surface area contributed by atoms with E-state index in [4.69, 9.17) is 9.84 Å². The van der Waals surface area contributed by atoms with Gasteiger partial charge < -0.3 is 14.7 Å². The Morgan fingerprint density at radius 2 is 2.05 bits per heavy atom. The molecule has 1 aliphatic heterocycles. The van der Waals surface area contributed by atoms with Gasteiger partial charge in [-0.15, -0.1) is 0 Å². The second-order valence-corrected chi connectivity index (χ2v) is 5.74. The lowest BCUT2D eigenvalue weighted by molar-refractivity contribution is 0.122. The topological polar surface area (TPSA) is 35.9 Å². The summed E-state index contributed by atoms with van der Waals surface area (Å²) in [5, 5.41) is 9.15. The first-order chi connectivity index (χ1) is 10.7. The molecule has 1 heterocycles. The Morgan fingerprint density at radius 1 is 1.27 bits per heavy atom. The molecular weight excluding hydrogens is 283 g/mol. The molecule has 0 saturated carbocycles. The van der Waals surface area contributed by atoms with E-state index in [-0.39, 0.29) is 12.4 Å². The summed E-state index contributed by atoms with van der Waals surface area (Å²) in [6, 6.07) is 5.48. The molecule has 0 unspecified atom stereocenters. The molecule has 1 fully saturated rings. The monoisotopic (exact) mass is 310 g/mol. The highest BCUT2D eigenvalue weighted by molar-refractivity contribution is 5.49. The van der Waals surface area contributed by atoms with E-state index in [1.54, 1.807) is 6.07 Å². The molecule has 1 saturated heterocycles. The first-order valence-electron chi connectivity index (χ1n) is 8.19. The van der Waals surface area contributed by atoms with Crippen LogP contribution in [0.3, 0.4) is 0 Å². The van der Waals surface area contributed by atoms with Gasteiger partial charge in [0.2, 0.25) is 0 Å². The minimum atomic E-state index is -0.168. The van der Waals surface area contributed by atoms with Crippen molar-refractivity contribution in [3.8, 4) is 0 Å². The smallest absolute Gasteiger partial charge is 0.146 e. The lowest BCUT2D eigenvalue weighted by atomic mass is 10.1. The highest BCUT2D eigenvalue weighted by atomic mass is 19.1. The van der Waals surface area contributed by atoms with Crippen LogP contribution in [0.1, 0.15) is 25.3 Å². The van der Waals surface area contributed by atoms with Crippen molar-refractivity contribution in [1.82, 2.24) is 4.90 Å². The van der Waals surface area contributed by atoms with Crippen molar-refractivity contribution >= 4 is 5.69 Å². The van der Waals surface area contributed by atoms with Crippen molar-refractivity contribution in [2.45, 2.75) is 26.3 Å². The molecule has 0 radical (unpaired) electrons. The van der Waals surface area contributed by atoms with Gasteiger partial charge in [0, 0.05) is 26.2 Å². The molecule has 0 bridgehead atoms. The van der Waals surface area contributed by atoms with Gasteiger partial charge in [-0.3, -0.25) is 4.90 Å². The number of rotatable bonds is 8. The number of benzene rings is 1.